The Hall–Kier alpha value is -16.6. The molecule has 83 heavy (non-hydrogen) atoms. The van der Waals surface area contributed by atoms with Crippen LogP contribution in [-0.2, 0) is 0 Å². The zero-order chi connectivity index (χ0) is 59.3. The second kappa shape index (κ2) is 65.4. The van der Waals surface area contributed by atoms with E-state index in [4.69, 9.17) is 5.53 Å². The average molecular weight is 1170 g/mol. The van der Waals surface area contributed by atoms with E-state index in [0.29, 0.717) is 0 Å². The van der Waals surface area contributed by atoms with Crippen molar-refractivity contribution < 1.29 is 0 Å². The van der Waals surface area contributed by atoms with Crippen molar-refractivity contribution in [2.75, 3.05) is 0 Å². The van der Waals surface area contributed by atoms with E-state index >= 15 is 0 Å². The molecule has 0 aliphatic rings. The quantitative estimate of drug-likeness (QED) is 0.0337. The molecule has 0 bridgehead atoms. The molecule has 0 saturated heterocycles. The topological polar surface area (TPSA) is 1050 Å². The second-order valence-electron chi connectivity index (χ2n) is 7.28. The first-order chi connectivity index (χ1) is 41.4. The lowest BCUT2D eigenvalue weighted by molar-refractivity contribution is 0.723. The summed E-state index contributed by atoms with van der Waals surface area (Å²) in [4.78, 5) is 0. The number of hydrogen-bond acceptors (Lipinski definition) is 2. The first kappa shape index (κ1) is 66.4. The molecule has 83 heteroatoms. The smallest absolute Gasteiger partial charge is 0 e. The first-order valence-corrected chi connectivity index (χ1v) is 16.5. The van der Waals surface area contributed by atoms with E-state index in [-0.39, 0.29) is 0 Å². The Morgan fingerprint density at radius 1 is 0.0964 bits per heavy atom. The Kier molecular flexibility index (Phi) is 52.3. The third kappa shape index (κ3) is 65.4. The summed E-state index contributed by atoms with van der Waals surface area (Å²) < 4.78 is 0. The largest absolute Gasteiger partial charge is 0.303 e. The molecule has 0 aliphatic carbocycles. The number of hydrogen-bond donors (Lipinski definition) is 2. The van der Waals surface area contributed by atoms with Gasteiger partial charge in [-0.2, -0.15) is 5.53 Å². The summed E-state index contributed by atoms with van der Waals surface area (Å²) in [7, 11) is 0. The van der Waals surface area contributed by atoms with Crippen LogP contribution in [0.5, 0.6) is 0 Å². The van der Waals surface area contributed by atoms with Crippen molar-refractivity contribution in [3.63, 3.8) is 0 Å². The van der Waals surface area contributed by atoms with Gasteiger partial charge in [-0.15, -0.1) is 0 Å². The Morgan fingerprint density at radius 3 is 0.217 bits per heavy atom. The summed E-state index contributed by atoms with van der Waals surface area (Å²) in [6, 6.07) is 0. The maximum absolute atomic E-state index is 6.27. The van der Waals surface area contributed by atoms with E-state index in [1.54, 1.807) is 0 Å². The van der Waals surface area contributed by atoms with E-state index in [1.165, 1.54) is 0 Å². The van der Waals surface area contributed by atoms with Gasteiger partial charge in [0.25, 0.3) is 0 Å². The van der Waals surface area contributed by atoms with Crippen molar-refractivity contribution in [1.29, 1.82) is 5.53 Å². The Morgan fingerprint density at radius 2 is 0.157 bits per heavy atom. The normalized spacial score (nSPS) is 15.6. The zero-order valence-electron chi connectivity index (χ0n) is 37.3. The van der Waals surface area contributed by atoms with Crippen molar-refractivity contribution in [2.24, 2.45) is 429 Å². The van der Waals surface area contributed by atoms with Crippen molar-refractivity contribution in [3.05, 3.63) is 0 Å². The van der Waals surface area contributed by atoms with Crippen LogP contribution in [0.25, 0.3) is 0 Å². The molecule has 0 unspecified atom stereocenters. The van der Waals surface area contributed by atoms with E-state index in [2.05, 4.69) is 429 Å². The van der Waals surface area contributed by atoms with Crippen LogP contribution < -0.4 is 5.84 Å². The summed E-state index contributed by atoms with van der Waals surface area (Å²) in [5, 5.41) is 241. The van der Waals surface area contributed by atoms with Crippen molar-refractivity contribution in [2.45, 2.75) is 0 Å². The molecule has 0 atom stereocenters. The van der Waals surface area contributed by atoms with Crippen molar-refractivity contribution in [1.82, 2.24) is 0 Å². The van der Waals surface area contributed by atoms with Crippen LogP contribution in [0, 0.1) is 5.53 Å². The Bertz CT molecular complexity index is 2950. The van der Waals surface area contributed by atoms with Crippen LogP contribution >= 0.6 is 0 Å². The molecule has 0 rings (SSSR count). The second-order valence-corrected chi connectivity index (χ2v) is 7.28. The van der Waals surface area contributed by atoms with Gasteiger partial charge in [0.2, 0.25) is 0 Å². The minimum Gasteiger partial charge on any atom is -0.303 e. The fourth-order valence-corrected chi connectivity index (χ4v) is 1.42. The fourth-order valence-electron chi connectivity index (χ4n) is 1.42. The Labute approximate surface area is 435 Å². The number of rotatable bonds is 40. The highest BCUT2D eigenvalue weighted by atomic mass is 15.8. The van der Waals surface area contributed by atoms with E-state index in [0.717, 1.165) is 0 Å². The molecule has 0 aromatic carbocycles. The molecule has 0 radical (unpaired) electrons. The highest BCUT2D eigenvalue weighted by Gasteiger charge is 1.78. The monoisotopic (exact) mass is 1170 g/mol. The maximum Gasteiger partial charge on any atom is 0 e. The average Bonchev–Trinajstić information content (AvgIpc) is 3.49. The third-order valence-electron chi connectivity index (χ3n) is 3.22. The van der Waals surface area contributed by atoms with Crippen molar-refractivity contribution >= 4 is 0 Å². The lowest BCUT2D eigenvalue weighted by Crippen LogP contribution is -1.70. The molecule has 0 aromatic rings. The molecule has 0 aromatic heterocycles. The minimum absolute atomic E-state index is 2.50. The molecule has 0 amide bonds. The van der Waals surface area contributed by atoms with E-state index in [1.807, 2.05) is 0 Å². The van der Waals surface area contributed by atoms with Gasteiger partial charge in [0.05, 0.1) is 0 Å². The van der Waals surface area contributed by atoms with Gasteiger partial charge in [-0.25, -0.2) is 0 Å². The molecule has 0 fully saturated rings. The van der Waals surface area contributed by atoms with Crippen LogP contribution in [0.4, 0.5) is 0 Å². The summed E-state index contributed by atoms with van der Waals surface area (Å²) in [5.41, 5.74) is 6.27. The van der Waals surface area contributed by atoms with Gasteiger partial charge in [0.15, 0.2) is 0 Å². The third-order valence-corrected chi connectivity index (χ3v) is 3.22. The molecule has 0 aliphatic heterocycles. The van der Waals surface area contributed by atoms with Gasteiger partial charge >= 0.3 is 0 Å². The number of nitrogens with zero attached hydrogens (tertiary/aromatic N) is 81. The predicted molar refractivity (Wildman–Crippen MR) is 204 cm³/mol. The van der Waals surface area contributed by atoms with Gasteiger partial charge < -0.3 is 5.84 Å². The van der Waals surface area contributed by atoms with E-state index in [9.17, 15) is 0 Å². The fraction of sp³-hybridized carbons (Fsp3) is 0. The van der Waals surface area contributed by atoms with Crippen LogP contribution in [0.1, 0.15) is 0 Å². The van der Waals surface area contributed by atoms with Crippen LogP contribution in [0.2, 0.25) is 0 Å². The molecule has 3 N–H and O–H groups in total. The molecule has 0 spiro atoms. The van der Waals surface area contributed by atoms with Gasteiger partial charge in [0, 0.05) is 340 Å². The molecule has 418 valence electrons. The van der Waals surface area contributed by atoms with Gasteiger partial charge in [0.1, 0.15) is 0 Å². The van der Waals surface area contributed by atoms with Crippen molar-refractivity contribution in [3.8, 4) is 0 Å². The molecular formula is H3N83. The summed E-state index contributed by atoms with van der Waals surface area (Å²) >= 11 is 0. The highest BCUT2D eigenvalue weighted by Crippen LogP contribution is 1.96. The zero-order valence-corrected chi connectivity index (χ0v) is 37.3. The lowest BCUT2D eigenvalue weighted by Gasteiger charge is -1.71. The maximum atomic E-state index is 6.27. The standard InChI is InChI=1S/H3N83/c1-3-5-7-9-11-13-15-17-19-21-23-25-27-29-31-33-35-37-39-41-43-45-47-49-51-53-55-57-59-61-63-65-67-69-71-73-75-77-79-81-83-82-80-78-76-74-72-70-68-66-64-62-60-58-56-54-52-50-48-46-44-42-40-38-36-34-32-30-28-26-24-22-20-18-16-14-12-10-8-6-4-2/h(H3,1,2,5,6,9,10,13,14,17,18,21,22,25,26,29,30,33,34,37,38,41,42,45,46,49,50,53,54,57,58,61,62,65,66,69,70,73,74,77,78,81,82). The first-order valence-electron chi connectivity index (χ1n) is 16.5. The van der Waals surface area contributed by atoms with Gasteiger partial charge in [-0.3, -0.25) is 0 Å². The van der Waals surface area contributed by atoms with Crippen LogP contribution in [-0.4, -0.2) is 0 Å². The molecule has 0 heterocycles. The molecule has 83 nitrogen and oxygen atoms in total. The summed E-state index contributed by atoms with van der Waals surface area (Å²) in [6.45, 7) is 0. The number of nitrogens with one attached hydrogen (secondary N) is 1. The minimum atomic E-state index is 2.50. The molecule has 0 saturated carbocycles. The summed E-state index contributed by atoms with van der Waals surface area (Å²) in [6.07, 6.45) is 0. The predicted octanol–water partition coefficient (Wildman–Crippen LogP) is 14.6. The Balaban J connectivity index is 4.11. The van der Waals surface area contributed by atoms with E-state index < -0.39 is 0 Å². The lowest BCUT2D eigenvalue weighted by atomic mass is 12.3. The molecular weight excluding hydrogens is 1160 g/mol. The van der Waals surface area contributed by atoms with Gasteiger partial charge in [-0.05, 0) is 78.3 Å². The highest BCUT2D eigenvalue weighted by molar-refractivity contribution is 4.21. The van der Waals surface area contributed by atoms with Crippen LogP contribution in [0.15, 0.2) is 423 Å². The summed E-state index contributed by atoms with van der Waals surface area (Å²) in [5.74, 6) is 4.63. The van der Waals surface area contributed by atoms with Crippen LogP contribution in [0.3, 0.4) is 0 Å². The SMILES string of the molecule is N=N/N=N/N=N/N=N/N=N/N=N/N=N/N=N/N=N/N=N/N=N/N=N/N=N/N=N/N=N/N=N/N=N/N=N/N=N/N=N/N=N/N=N/N=N/N=N/N=N/N=N/N=N/N=N/N=N/N=N/N=N/N=N/N=N/N=N/N=N/N=N/N=N/N=N/N=N/N=N/N=N/N. The number of nitrogens with two attached hydrogens (primary N) is 1. The van der Waals surface area contributed by atoms with Gasteiger partial charge in [-0.1, -0.05) is 5.22 Å².